The number of piperidine rings is 1. The van der Waals surface area contributed by atoms with Crippen LogP contribution in [0.3, 0.4) is 0 Å². The fourth-order valence-electron chi connectivity index (χ4n) is 3.01. The molecule has 20 heavy (non-hydrogen) atoms. The van der Waals surface area contributed by atoms with E-state index in [2.05, 4.69) is 34.0 Å². The molecule has 2 fully saturated rings. The van der Waals surface area contributed by atoms with Crippen LogP contribution in [0, 0.1) is 0 Å². The van der Waals surface area contributed by atoms with Crippen LogP contribution >= 0.6 is 0 Å². The Kier molecular flexibility index (Phi) is 4.33. The van der Waals surface area contributed by atoms with E-state index in [9.17, 15) is 0 Å². The van der Waals surface area contributed by atoms with Gasteiger partial charge in [-0.15, -0.1) is 0 Å². The highest BCUT2D eigenvalue weighted by Gasteiger charge is 2.25. The van der Waals surface area contributed by atoms with Crippen LogP contribution in [0.2, 0.25) is 0 Å². The van der Waals surface area contributed by atoms with Crippen LogP contribution in [-0.4, -0.2) is 66.4 Å². The van der Waals surface area contributed by atoms with Gasteiger partial charge in [-0.05, 0) is 46.4 Å². The molecule has 0 aromatic carbocycles. The standard InChI is InChI=1S/C14H24N4O2/c1-17-6-3-12(4-7-17)18(2)9-13-15-14(16-20-13)11-5-8-19-10-11/h11-12H,3-10H2,1-2H3/t11-/m1/s1. The SMILES string of the molecule is CN1CCC(N(C)Cc2nc([C@@H]3CCOC3)no2)CC1. The zero-order valence-corrected chi connectivity index (χ0v) is 12.4. The predicted octanol–water partition coefficient (Wildman–Crippen LogP) is 1.10. The van der Waals surface area contributed by atoms with E-state index in [4.69, 9.17) is 9.26 Å². The van der Waals surface area contributed by atoms with Crippen molar-refractivity contribution in [3.8, 4) is 0 Å². The van der Waals surface area contributed by atoms with Crippen molar-refractivity contribution < 1.29 is 9.26 Å². The summed E-state index contributed by atoms with van der Waals surface area (Å²) < 4.78 is 10.8. The first-order valence-corrected chi connectivity index (χ1v) is 7.51. The fraction of sp³-hybridized carbons (Fsp3) is 0.857. The summed E-state index contributed by atoms with van der Waals surface area (Å²) in [5.74, 6) is 1.86. The summed E-state index contributed by atoms with van der Waals surface area (Å²) in [6, 6.07) is 0.622. The molecule has 0 saturated carbocycles. The number of ether oxygens (including phenoxy) is 1. The van der Waals surface area contributed by atoms with Gasteiger partial charge >= 0.3 is 0 Å². The maximum absolute atomic E-state index is 5.39. The maximum Gasteiger partial charge on any atom is 0.240 e. The summed E-state index contributed by atoms with van der Waals surface area (Å²) in [4.78, 5) is 9.26. The maximum atomic E-state index is 5.39. The molecule has 0 bridgehead atoms. The highest BCUT2D eigenvalue weighted by atomic mass is 16.5. The highest BCUT2D eigenvalue weighted by molar-refractivity contribution is 4.97. The second-order valence-electron chi connectivity index (χ2n) is 6.06. The van der Waals surface area contributed by atoms with Crippen molar-refractivity contribution in [2.75, 3.05) is 40.4 Å². The molecule has 0 unspecified atom stereocenters. The largest absolute Gasteiger partial charge is 0.381 e. The molecule has 2 saturated heterocycles. The minimum Gasteiger partial charge on any atom is -0.381 e. The van der Waals surface area contributed by atoms with Gasteiger partial charge in [0.05, 0.1) is 13.2 Å². The van der Waals surface area contributed by atoms with Crippen molar-refractivity contribution in [1.29, 1.82) is 0 Å². The Morgan fingerprint density at radius 2 is 2.10 bits per heavy atom. The van der Waals surface area contributed by atoms with E-state index in [-0.39, 0.29) is 0 Å². The molecule has 1 atom stereocenters. The van der Waals surface area contributed by atoms with E-state index in [1.807, 2.05) is 0 Å². The van der Waals surface area contributed by atoms with Gasteiger partial charge in [0.25, 0.3) is 0 Å². The molecule has 112 valence electrons. The van der Waals surface area contributed by atoms with Gasteiger partial charge < -0.3 is 14.2 Å². The van der Waals surface area contributed by atoms with E-state index in [1.165, 1.54) is 25.9 Å². The number of hydrogen-bond donors (Lipinski definition) is 0. The second-order valence-corrected chi connectivity index (χ2v) is 6.06. The third-order valence-corrected chi connectivity index (χ3v) is 4.47. The Balaban J connectivity index is 1.54. The summed E-state index contributed by atoms with van der Waals surface area (Å²) in [5, 5.41) is 4.11. The van der Waals surface area contributed by atoms with Crippen LogP contribution in [-0.2, 0) is 11.3 Å². The van der Waals surface area contributed by atoms with Gasteiger partial charge in [-0.1, -0.05) is 5.16 Å². The Labute approximate surface area is 120 Å². The van der Waals surface area contributed by atoms with Gasteiger partial charge in [-0.2, -0.15) is 4.98 Å². The Bertz CT molecular complexity index is 423. The molecule has 6 nitrogen and oxygen atoms in total. The van der Waals surface area contributed by atoms with Crippen molar-refractivity contribution in [2.24, 2.45) is 0 Å². The molecule has 0 amide bonds. The van der Waals surface area contributed by atoms with Gasteiger partial charge in [0.15, 0.2) is 5.82 Å². The van der Waals surface area contributed by atoms with Crippen LogP contribution in [0.1, 0.15) is 36.9 Å². The summed E-state index contributed by atoms with van der Waals surface area (Å²) in [5.41, 5.74) is 0. The van der Waals surface area contributed by atoms with Crippen LogP contribution in [0.5, 0.6) is 0 Å². The van der Waals surface area contributed by atoms with Crippen molar-refractivity contribution in [1.82, 2.24) is 19.9 Å². The van der Waals surface area contributed by atoms with Crippen LogP contribution in [0.25, 0.3) is 0 Å². The zero-order chi connectivity index (χ0) is 13.9. The lowest BCUT2D eigenvalue weighted by Crippen LogP contribution is -2.41. The van der Waals surface area contributed by atoms with E-state index in [0.29, 0.717) is 12.0 Å². The molecule has 3 rings (SSSR count). The fourth-order valence-corrected chi connectivity index (χ4v) is 3.01. The van der Waals surface area contributed by atoms with Crippen LogP contribution < -0.4 is 0 Å². The van der Waals surface area contributed by atoms with Crippen molar-refractivity contribution in [3.05, 3.63) is 11.7 Å². The zero-order valence-electron chi connectivity index (χ0n) is 12.4. The van der Waals surface area contributed by atoms with Crippen LogP contribution in [0.15, 0.2) is 4.52 Å². The molecule has 0 aliphatic carbocycles. The molecule has 6 heteroatoms. The number of rotatable bonds is 4. The predicted molar refractivity (Wildman–Crippen MR) is 74.5 cm³/mol. The average molecular weight is 280 g/mol. The molecule has 2 aliphatic rings. The Hall–Kier alpha value is -0.980. The average Bonchev–Trinajstić information content (AvgIpc) is 3.09. The summed E-state index contributed by atoms with van der Waals surface area (Å²) in [7, 11) is 4.34. The highest BCUT2D eigenvalue weighted by Crippen LogP contribution is 2.23. The molecule has 0 radical (unpaired) electrons. The molecular formula is C14H24N4O2. The Morgan fingerprint density at radius 3 is 2.80 bits per heavy atom. The minimum absolute atomic E-state index is 0.320. The first kappa shape index (κ1) is 14.0. The molecule has 0 spiro atoms. The number of nitrogens with zero attached hydrogens (tertiary/aromatic N) is 4. The number of likely N-dealkylation sites (tertiary alicyclic amines) is 1. The first-order valence-electron chi connectivity index (χ1n) is 7.51. The van der Waals surface area contributed by atoms with Gasteiger partial charge in [0.1, 0.15) is 0 Å². The van der Waals surface area contributed by atoms with E-state index in [0.717, 1.165) is 37.9 Å². The smallest absolute Gasteiger partial charge is 0.240 e. The van der Waals surface area contributed by atoms with E-state index >= 15 is 0 Å². The van der Waals surface area contributed by atoms with Crippen LogP contribution in [0.4, 0.5) is 0 Å². The molecule has 3 heterocycles. The Morgan fingerprint density at radius 1 is 1.30 bits per heavy atom. The third kappa shape index (κ3) is 3.19. The van der Waals surface area contributed by atoms with Crippen molar-refractivity contribution >= 4 is 0 Å². The summed E-state index contributed by atoms with van der Waals surface area (Å²) in [6.07, 6.45) is 3.43. The number of aromatic nitrogens is 2. The quantitative estimate of drug-likeness (QED) is 0.823. The van der Waals surface area contributed by atoms with Crippen molar-refractivity contribution in [3.63, 3.8) is 0 Å². The number of hydrogen-bond acceptors (Lipinski definition) is 6. The van der Waals surface area contributed by atoms with E-state index < -0.39 is 0 Å². The monoisotopic (exact) mass is 280 g/mol. The van der Waals surface area contributed by atoms with Gasteiger partial charge in [0, 0.05) is 18.6 Å². The normalized spacial score (nSPS) is 25.6. The minimum atomic E-state index is 0.320. The molecule has 1 aromatic rings. The lowest BCUT2D eigenvalue weighted by molar-refractivity contribution is 0.128. The molecule has 0 N–H and O–H groups in total. The summed E-state index contributed by atoms with van der Waals surface area (Å²) >= 11 is 0. The van der Waals surface area contributed by atoms with Gasteiger partial charge in [0.2, 0.25) is 5.89 Å². The summed E-state index contributed by atoms with van der Waals surface area (Å²) in [6.45, 7) is 4.62. The third-order valence-electron chi connectivity index (χ3n) is 4.47. The topological polar surface area (TPSA) is 54.6 Å². The second kappa shape index (κ2) is 6.20. The van der Waals surface area contributed by atoms with Gasteiger partial charge in [-0.3, -0.25) is 4.90 Å². The molecule has 1 aromatic heterocycles. The van der Waals surface area contributed by atoms with Crippen molar-refractivity contribution in [2.45, 2.75) is 37.8 Å². The van der Waals surface area contributed by atoms with Gasteiger partial charge in [-0.25, -0.2) is 0 Å². The lowest BCUT2D eigenvalue weighted by atomic mass is 10.0. The van der Waals surface area contributed by atoms with E-state index in [1.54, 1.807) is 0 Å². The first-order chi connectivity index (χ1) is 9.72. The lowest BCUT2D eigenvalue weighted by Gasteiger charge is -2.34. The molecule has 2 aliphatic heterocycles. The molecular weight excluding hydrogens is 256 g/mol.